The lowest BCUT2D eigenvalue weighted by atomic mass is 10.1. The van der Waals surface area contributed by atoms with Gasteiger partial charge in [-0.15, -0.1) is 11.8 Å². The summed E-state index contributed by atoms with van der Waals surface area (Å²) in [6.45, 7) is 0.00619. The third kappa shape index (κ3) is 3.63. The summed E-state index contributed by atoms with van der Waals surface area (Å²) in [5, 5.41) is 2.70. The van der Waals surface area contributed by atoms with Crippen LogP contribution in [0.5, 0.6) is 5.75 Å². The van der Waals surface area contributed by atoms with Crippen molar-refractivity contribution >= 4 is 35.2 Å². The predicted octanol–water partition coefficient (Wildman–Crippen LogP) is 3.64. The molecule has 1 heterocycles. The minimum atomic E-state index is -0.216. The number of ether oxygens (including phenoxy) is 1. The van der Waals surface area contributed by atoms with E-state index < -0.39 is 0 Å². The molecule has 23 heavy (non-hydrogen) atoms. The minimum absolute atomic E-state index is 0.00619. The number of carbonyl (C=O) groups excluding carboxylic acids is 2. The van der Waals surface area contributed by atoms with Crippen LogP contribution >= 0.6 is 11.8 Å². The average molecular weight is 325 g/mol. The van der Waals surface area contributed by atoms with Crippen molar-refractivity contribution < 1.29 is 14.3 Å². The fourth-order valence-corrected chi connectivity index (χ4v) is 2.63. The molecule has 0 saturated heterocycles. The van der Waals surface area contributed by atoms with Crippen molar-refractivity contribution in [2.45, 2.75) is 4.90 Å². The number of rotatable bonds is 4. The van der Waals surface area contributed by atoms with Crippen LogP contribution in [0.25, 0.3) is 6.08 Å². The topological polar surface area (TPSA) is 55.4 Å². The van der Waals surface area contributed by atoms with E-state index in [1.807, 2.05) is 30.5 Å². The Hall–Kier alpha value is -2.53. The van der Waals surface area contributed by atoms with E-state index in [4.69, 9.17) is 4.74 Å². The Morgan fingerprint density at radius 3 is 2.74 bits per heavy atom. The maximum Gasteiger partial charge on any atom is 0.262 e. The molecule has 0 unspecified atom stereocenters. The molecule has 0 fully saturated rings. The van der Waals surface area contributed by atoms with Crippen LogP contribution in [0.4, 0.5) is 5.69 Å². The van der Waals surface area contributed by atoms with Gasteiger partial charge in [-0.3, -0.25) is 9.59 Å². The number of benzene rings is 2. The second-order valence-corrected chi connectivity index (χ2v) is 5.90. The van der Waals surface area contributed by atoms with Gasteiger partial charge in [-0.2, -0.15) is 0 Å². The highest BCUT2D eigenvalue weighted by Gasteiger charge is 2.17. The summed E-state index contributed by atoms with van der Waals surface area (Å²) in [4.78, 5) is 24.8. The zero-order valence-corrected chi connectivity index (χ0v) is 13.4. The van der Waals surface area contributed by atoms with Gasteiger partial charge in [0.15, 0.2) is 12.4 Å². The smallest absolute Gasteiger partial charge is 0.262 e. The number of nitrogens with one attached hydrogen (secondary N) is 1. The molecule has 3 rings (SSSR count). The van der Waals surface area contributed by atoms with E-state index >= 15 is 0 Å². The van der Waals surface area contributed by atoms with Gasteiger partial charge in [0.05, 0.1) is 5.69 Å². The van der Waals surface area contributed by atoms with Gasteiger partial charge >= 0.3 is 0 Å². The molecule has 0 aliphatic carbocycles. The number of hydrogen-bond acceptors (Lipinski definition) is 4. The first-order valence-corrected chi connectivity index (χ1v) is 8.31. The van der Waals surface area contributed by atoms with Crippen LogP contribution in [0.15, 0.2) is 53.4 Å². The predicted molar refractivity (Wildman–Crippen MR) is 92.2 cm³/mol. The summed E-state index contributed by atoms with van der Waals surface area (Å²) in [5.74, 6) is 0.242. The average Bonchev–Trinajstić information content (AvgIpc) is 2.59. The summed E-state index contributed by atoms with van der Waals surface area (Å²) in [7, 11) is 0. The third-order valence-corrected chi connectivity index (χ3v) is 4.18. The van der Waals surface area contributed by atoms with Gasteiger partial charge in [-0.05, 0) is 48.2 Å². The number of ketones is 1. The van der Waals surface area contributed by atoms with Crippen molar-refractivity contribution in [1.82, 2.24) is 0 Å². The molecule has 0 radical (unpaired) electrons. The molecule has 0 spiro atoms. The quantitative estimate of drug-likeness (QED) is 0.530. The molecule has 116 valence electrons. The lowest BCUT2D eigenvalue weighted by molar-refractivity contribution is -0.118. The Morgan fingerprint density at radius 2 is 2.00 bits per heavy atom. The maximum atomic E-state index is 12.3. The van der Waals surface area contributed by atoms with Crippen LogP contribution in [0, 0.1) is 0 Å². The highest BCUT2D eigenvalue weighted by molar-refractivity contribution is 7.98. The van der Waals surface area contributed by atoms with Crippen molar-refractivity contribution in [2.75, 3.05) is 18.2 Å². The number of hydrogen-bond donors (Lipinski definition) is 1. The normalized spacial score (nSPS) is 13.3. The molecule has 0 atom stereocenters. The molecule has 0 bridgehead atoms. The van der Waals surface area contributed by atoms with Crippen molar-refractivity contribution in [3.63, 3.8) is 0 Å². The first-order valence-electron chi connectivity index (χ1n) is 7.09. The number of fused-ring (bicyclic) bond motifs is 1. The first-order chi connectivity index (χ1) is 11.2. The fraction of sp³-hybridized carbons (Fsp3) is 0.111. The minimum Gasteiger partial charge on any atom is -0.482 e. The molecule has 0 saturated carbocycles. The Bertz CT molecular complexity index is 781. The van der Waals surface area contributed by atoms with E-state index in [-0.39, 0.29) is 18.3 Å². The summed E-state index contributed by atoms with van der Waals surface area (Å²) in [6.07, 6.45) is 5.33. The van der Waals surface area contributed by atoms with Gasteiger partial charge in [0.1, 0.15) is 5.75 Å². The number of anilines is 1. The number of carbonyl (C=O) groups is 2. The largest absolute Gasteiger partial charge is 0.482 e. The van der Waals surface area contributed by atoms with E-state index in [0.29, 0.717) is 17.0 Å². The highest BCUT2D eigenvalue weighted by Crippen LogP contribution is 2.28. The molecular formula is C18H15NO3S. The Morgan fingerprint density at radius 1 is 1.22 bits per heavy atom. The molecule has 2 aromatic rings. The first kappa shape index (κ1) is 15.4. The molecule has 2 aromatic carbocycles. The van der Waals surface area contributed by atoms with Crippen LogP contribution < -0.4 is 10.1 Å². The molecule has 1 N–H and O–H groups in total. The summed E-state index contributed by atoms with van der Waals surface area (Å²) in [6, 6.07) is 13.0. The summed E-state index contributed by atoms with van der Waals surface area (Å²) in [5.41, 5.74) is 2.00. The van der Waals surface area contributed by atoms with Crippen LogP contribution in [0.1, 0.15) is 15.9 Å². The Labute approximate surface area is 138 Å². The van der Waals surface area contributed by atoms with Gasteiger partial charge < -0.3 is 10.1 Å². The van der Waals surface area contributed by atoms with Crippen molar-refractivity contribution in [3.8, 4) is 5.75 Å². The summed E-state index contributed by atoms with van der Waals surface area (Å²) >= 11 is 1.67. The molecule has 1 aliphatic heterocycles. The van der Waals surface area contributed by atoms with Crippen molar-refractivity contribution in [2.24, 2.45) is 0 Å². The van der Waals surface area contributed by atoms with Crippen molar-refractivity contribution in [1.29, 1.82) is 0 Å². The van der Waals surface area contributed by atoms with Crippen LogP contribution in [-0.4, -0.2) is 24.6 Å². The fourth-order valence-electron chi connectivity index (χ4n) is 2.22. The molecule has 1 aliphatic rings. The number of amides is 1. The standard InChI is InChI=1S/C18H15NO3S/c1-23-14-6-2-12(3-7-14)4-8-16(20)13-5-9-17-15(10-13)19-18(21)11-22-17/h2-10H,11H2,1H3,(H,19,21). The number of thioether (sulfide) groups is 1. The lowest BCUT2D eigenvalue weighted by Crippen LogP contribution is -2.25. The monoisotopic (exact) mass is 325 g/mol. The van der Waals surface area contributed by atoms with E-state index in [2.05, 4.69) is 5.32 Å². The van der Waals surface area contributed by atoms with Crippen LogP contribution in [0.2, 0.25) is 0 Å². The maximum absolute atomic E-state index is 12.3. The zero-order valence-electron chi connectivity index (χ0n) is 12.5. The molecule has 1 amide bonds. The molecular weight excluding hydrogens is 310 g/mol. The van der Waals surface area contributed by atoms with Gasteiger partial charge in [-0.1, -0.05) is 18.2 Å². The molecule has 4 nitrogen and oxygen atoms in total. The Balaban J connectivity index is 1.76. The second-order valence-electron chi connectivity index (χ2n) is 5.02. The molecule has 5 heteroatoms. The summed E-state index contributed by atoms with van der Waals surface area (Å²) < 4.78 is 5.28. The van der Waals surface area contributed by atoms with E-state index in [1.54, 1.807) is 36.0 Å². The number of allylic oxidation sites excluding steroid dienone is 1. The zero-order chi connectivity index (χ0) is 16.2. The SMILES string of the molecule is CSc1ccc(C=CC(=O)c2ccc3c(c2)NC(=O)CO3)cc1. The van der Waals surface area contributed by atoms with Gasteiger partial charge in [-0.25, -0.2) is 0 Å². The van der Waals surface area contributed by atoms with E-state index in [1.165, 1.54) is 11.0 Å². The third-order valence-electron chi connectivity index (χ3n) is 3.44. The van der Waals surface area contributed by atoms with E-state index in [9.17, 15) is 9.59 Å². The van der Waals surface area contributed by atoms with Gasteiger partial charge in [0.2, 0.25) is 0 Å². The van der Waals surface area contributed by atoms with Crippen LogP contribution in [0.3, 0.4) is 0 Å². The lowest BCUT2D eigenvalue weighted by Gasteiger charge is -2.17. The molecule has 0 aromatic heterocycles. The van der Waals surface area contributed by atoms with Gasteiger partial charge in [0, 0.05) is 10.5 Å². The second kappa shape index (κ2) is 6.71. The Kier molecular flexibility index (Phi) is 4.48. The van der Waals surface area contributed by atoms with Crippen LogP contribution in [-0.2, 0) is 4.79 Å². The highest BCUT2D eigenvalue weighted by atomic mass is 32.2. The van der Waals surface area contributed by atoms with Crippen molar-refractivity contribution in [3.05, 3.63) is 59.7 Å². The van der Waals surface area contributed by atoms with Gasteiger partial charge in [0.25, 0.3) is 5.91 Å². The van der Waals surface area contributed by atoms with E-state index in [0.717, 1.165) is 5.56 Å².